The zero-order valence-electron chi connectivity index (χ0n) is 7.50. The Bertz CT molecular complexity index is 343. The molecule has 76 valence electrons. The molecule has 4 heteroatoms. The molecule has 2 rings (SSSR count). The Labute approximate surface area is 97.6 Å². The SMILES string of the molecule is Cl.O=C1CNC(c2ccccc2Br)C1. The van der Waals surface area contributed by atoms with Gasteiger partial charge in [0.05, 0.1) is 6.54 Å². The smallest absolute Gasteiger partial charge is 0.148 e. The van der Waals surface area contributed by atoms with E-state index in [2.05, 4.69) is 21.2 Å². The van der Waals surface area contributed by atoms with Crippen LogP contribution in [-0.4, -0.2) is 12.3 Å². The van der Waals surface area contributed by atoms with E-state index in [1.54, 1.807) is 0 Å². The lowest BCUT2D eigenvalue weighted by Crippen LogP contribution is -2.13. The summed E-state index contributed by atoms with van der Waals surface area (Å²) < 4.78 is 1.07. The Morgan fingerprint density at radius 1 is 1.36 bits per heavy atom. The molecule has 14 heavy (non-hydrogen) atoms. The fourth-order valence-electron chi connectivity index (χ4n) is 1.59. The van der Waals surface area contributed by atoms with Gasteiger partial charge in [-0.1, -0.05) is 34.1 Å². The lowest BCUT2D eigenvalue weighted by atomic mass is 10.1. The van der Waals surface area contributed by atoms with Crippen LogP contribution in [0.4, 0.5) is 0 Å². The van der Waals surface area contributed by atoms with Gasteiger partial charge in [-0.05, 0) is 11.6 Å². The van der Waals surface area contributed by atoms with Gasteiger partial charge in [0, 0.05) is 16.9 Å². The quantitative estimate of drug-likeness (QED) is 0.854. The van der Waals surface area contributed by atoms with Crippen molar-refractivity contribution < 1.29 is 4.79 Å². The number of Topliss-reactive ketones (excluding diaryl/α,β-unsaturated/α-hetero) is 1. The number of hydrogen-bond donors (Lipinski definition) is 1. The summed E-state index contributed by atoms with van der Waals surface area (Å²) in [6.45, 7) is 0.506. The van der Waals surface area contributed by atoms with E-state index in [-0.39, 0.29) is 18.4 Å². The molecule has 2 nitrogen and oxygen atoms in total. The molecule has 1 aliphatic heterocycles. The van der Waals surface area contributed by atoms with Crippen LogP contribution < -0.4 is 5.32 Å². The molecule has 1 heterocycles. The molecule has 1 aromatic carbocycles. The maximum atomic E-state index is 11.1. The summed E-state index contributed by atoms with van der Waals surface area (Å²) in [4.78, 5) is 11.1. The van der Waals surface area contributed by atoms with Crippen molar-refractivity contribution in [3.63, 3.8) is 0 Å². The molecule has 1 saturated heterocycles. The molecular formula is C10H11BrClNO. The highest BCUT2D eigenvalue weighted by atomic mass is 79.9. The van der Waals surface area contributed by atoms with Gasteiger partial charge >= 0.3 is 0 Å². The average molecular weight is 277 g/mol. The molecule has 0 bridgehead atoms. The van der Waals surface area contributed by atoms with Crippen LogP contribution in [-0.2, 0) is 4.79 Å². The summed E-state index contributed by atoms with van der Waals surface area (Å²) in [5, 5.41) is 3.18. The van der Waals surface area contributed by atoms with Gasteiger partial charge in [-0.25, -0.2) is 0 Å². The highest BCUT2D eigenvalue weighted by Crippen LogP contribution is 2.27. The number of ketones is 1. The number of carbonyl (C=O) groups excluding carboxylic acids is 1. The summed E-state index contributed by atoms with van der Waals surface area (Å²) in [6.07, 6.45) is 0.614. The second-order valence-corrected chi connectivity index (χ2v) is 4.05. The van der Waals surface area contributed by atoms with Gasteiger partial charge in [0.2, 0.25) is 0 Å². The lowest BCUT2D eigenvalue weighted by molar-refractivity contribution is -0.116. The number of benzene rings is 1. The van der Waals surface area contributed by atoms with Gasteiger partial charge in [0.15, 0.2) is 0 Å². The van der Waals surface area contributed by atoms with Crippen LogP contribution in [0.2, 0.25) is 0 Å². The van der Waals surface area contributed by atoms with Crippen molar-refractivity contribution in [3.05, 3.63) is 34.3 Å². The fraction of sp³-hybridized carbons (Fsp3) is 0.300. The minimum absolute atomic E-state index is 0. The maximum absolute atomic E-state index is 11.1. The topological polar surface area (TPSA) is 29.1 Å². The Kier molecular flexibility index (Phi) is 4.11. The highest BCUT2D eigenvalue weighted by Gasteiger charge is 2.23. The maximum Gasteiger partial charge on any atom is 0.148 e. The van der Waals surface area contributed by atoms with Gasteiger partial charge in [-0.2, -0.15) is 0 Å². The first-order valence-electron chi connectivity index (χ1n) is 4.27. The molecule has 0 spiro atoms. The standard InChI is InChI=1S/C10H10BrNO.ClH/c11-9-4-2-1-3-8(9)10-5-7(13)6-12-10;/h1-4,10,12H,5-6H2;1H. The molecule has 1 fully saturated rings. The molecule has 0 saturated carbocycles. The Morgan fingerprint density at radius 3 is 2.64 bits per heavy atom. The van der Waals surface area contributed by atoms with E-state index in [9.17, 15) is 4.79 Å². The molecule has 0 aliphatic carbocycles. The largest absolute Gasteiger partial charge is 0.303 e. The third kappa shape index (κ3) is 2.35. The van der Waals surface area contributed by atoms with Crippen molar-refractivity contribution in [1.82, 2.24) is 5.32 Å². The van der Waals surface area contributed by atoms with E-state index in [1.165, 1.54) is 5.56 Å². The Morgan fingerprint density at radius 2 is 2.07 bits per heavy atom. The molecule has 1 N–H and O–H groups in total. The number of halogens is 2. The van der Waals surface area contributed by atoms with Crippen LogP contribution in [0.25, 0.3) is 0 Å². The predicted molar refractivity (Wildman–Crippen MR) is 61.8 cm³/mol. The summed E-state index contributed by atoms with van der Waals surface area (Å²) in [7, 11) is 0. The molecule has 1 unspecified atom stereocenters. The van der Waals surface area contributed by atoms with Crippen LogP contribution in [0, 0.1) is 0 Å². The molecule has 0 amide bonds. The van der Waals surface area contributed by atoms with Gasteiger partial charge in [-0.3, -0.25) is 4.79 Å². The molecule has 1 aliphatic rings. The van der Waals surface area contributed by atoms with E-state index >= 15 is 0 Å². The molecule has 0 radical (unpaired) electrons. The Hall–Kier alpha value is -0.380. The number of nitrogens with one attached hydrogen (secondary N) is 1. The van der Waals surface area contributed by atoms with Crippen molar-refractivity contribution in [2.75, 3.05) is 6.54 Å². The highest BCUT2D eigenvalue weighted by molar-refractivity contribution is 9.10. The number of rotatable bonds is 1. The first-order valence-corrected chi connectivity index (χ1v) is 5.06. The van der Waals surface area contributed by atoms with Crippen molar-refractivity contribution in [2.45, 2.75) is 12.5 Å². The summed E-state index contributed by atoms with van der Waals surface area (Å²) in [5.74, 6) is 0.292. The predicted octanol–water partition coefficient (Wildman–Crippen LogP) is 2.47. The third-order valence-corrected chi connectivity index (χ3v) is 2.98. The molecule has 1 aromatic rings. The second kappa shape index (κ2) is 4.91. The summed E-state index contributed by atoms with van der Waals surface area (Å²) in [6, 6.07) is 8.21. The van der Waals surface area contributed by atoms with Crippen molar-refractivity contribution in [2.24, 2.45) is 0 Å². The van der Waals surface area contributed by atoms with Crippen molar-refractivity contribution in [3.8, 4) is 0 Å². The summed E-state index contributed by atoms with van der Waals surface area (Å²) in [5.41, 5.74) is 1.17. The van der Waals surface area contributed by atoms with Gasteiger partial charge in [0.1, 0.15) is 5.78 Å². The molecule has 1 atom stereocenters. The van der Waals surface area contributed by atoms with Crippen LogP contribution in [0.5, 0.6) is 0 Å². The third-order valence-electron chi connectivity index (χ3n) is 2.26. The first kappa shape index (κ1) is 11.7. The first-order chi connectivity index (χ1) is 6.27. The van der Waals surface area contributed by atoms with Gasteiger partial charge in [0.25, 0.3) is 0 Å². The van der Waals surface area contributed by atoms with Crippen LogP contribution in [0.1, 0.15) is 18.0 Å². The molecular weight excluding hydrogens is 265 g/mol. The van der Waals surface area contributed by atoms with E-state index in [0.29, 0.717) is 18.7 Å². The number of carbonyl (C=O) groups is 1. The fourth-order valence-corrected chi connectivity index (χ4v) is 2.15. The average Bonchev–Trinajstić information content (AvgIpc) is 2.53. The summed E-state index contributed by atoms with van der Waals surface area (Å²) >= 11 is 3.47. The van der Waals surface area contributed by atoms with Gasteiger partial charge < -0.3 is 5.32 Å². The van der Waals surface area contributed by atoms with Gasteiger partial charge in [-0.15, -0.1) is 12.4 Å². The van der Waals surface area contributed by atoms with Crippen LogP contribution in [0.3, 0.4) is 0 Å². The normalized spacial score (nSPS) is 20.6. The monoisotopic (exact) mass is 275 g/mol. The van der Waals surface area contributed by atoms with E-state index < -0.39 is 0 Å². The lowest BCUT2D eigenvalue weighted by Gasteiger charge is -2.10. The zero-order valence-corrected chi connectivity index (χ0v) is 9.90. The minimum atomic E-state index is 0. The van der Waals surface area contributed by atoms with E-state index in [4.69, 9.17) is 0 Å². The second-order valence-electron chi connectivity index (χ2n) is 3.20. The minimum Gasteiger partial charge on any atom is -0.303 e. The van der Waals surface area contributed by atoms with E-state index in [1.807, 2.05) is 24.3 Å². The molecule has 0 aromatic heterocycles. The van der Waals surface area contributed by atoms with Crippen LogP contribution >= 0.6 is 28.3 Å². The van der Waals surface area contributed by atoms with Crippen molar-refractivity contribution >= 4 is 34.1 Å². The van der Waals surface area contributed by atoms with E-state index in [0.717, 1.165) is 4.47 Å². The number of hydrogen-bond acceptors (Lipinski definition) is 2. The zero-order chi connectivity index (χ0) is 9.26. The Balaban J connectivity index is 0.000000980. The van der Waals surface area contributed by atoms with Crippen molar-refractivity contribution in [1.29, 1.82) is 0 Å². The van der Waals surface area contributed by atoms with Crippen LogP contribution in [0.15, 0.2) is 28.7 Å².